The van der Waals surface area contributed by atoms with E-state index in [-0.39, 0.29) is 12.0 Å². The maximum absolute atomic E-state index is 12.1. The zero-order valence-corrected chi connectivity index (χ0v) is 10.4. The Hall–Kier alpha value is -0.870. The molecule has 1 heterocycles. The molecule has 0 radical (unpaired) electrons. The number of morpholine rings is 1. The van der Waals surface area contributed by atoms with E-state index in [1.54, 1.807) is 0 Å². The fourth-order valence-electron chi connectivity index (χ4n) is 2.46. The lowest BCUT2D eigenvalue weighted by atomic mass is 9.97. The first kappa shape index (κ1) is 12.6. The van der Waals surface area contributed by atoms with Crippen LogP contribution in [0.25, 0.3) is 0 Å². The van der Waals surface area contributed by atoms with Gasteiger partial charge in [0.15, 0.2) is 0 Å². The Bertz CT molecular complexity index is 302. The van der Waals surface area contributed by atoms with Crippen molar-refractivity contribution in [2.24, 2.45) is 5.73 Å². The predicted molar refractivity (Wildman–Crippen MR) is 66.5 cm³/mol. The van der Waals surface area contributed by atoms with Crippen molar-refractivity contribution in [2.45, 2.75) is 38.2 Å². The summed E-state index contributed by atoms with van der Waals surface area (Å²) in [5, 5.41) is 0. The van der Waals surface area contributed by atoms with Crippen LogP contribution in [0, 0.1) is 0 Å². The van der Waals surface area contributed by atoms with Gasteiger partial charge in [0.2, 0.25) is 5.91 Å². The number of allylic oxidation sites excluding steroid dienone is 1. The molecule has 0 saturated carbocycles. The number of nitrogens with zero attached hydrogens (tertiary/aromatic N) is 1. The highest BCUT2D eigenvalue weighted by atomic mass is 16.5. The van der Waals surface area contributed by atoms with Crippen LogP contribution in [0.4, 0.5) is 0 Å². The van der Waals surface area contributed by atoms with Crippen molar-refractivity contribution in [1.29, 1.82) is 0 Å². The van der Waals surface area contributed by atoms with Crippen LogP contribution in [-0.2, 0) is 9.53 Å². The van der Waals surface area contributed by atoms with Crippen molar-refractivity contribution in [2.75, 3.05) is 26.2 Å². The zero-order chi connectivity index (χ0) is 12.1. The van der Waals surface area contributed by atoms with Crippen LogP contribution < -0.4 is 5.73 Å². The number of amides is 1. The Labute approximate surface area is 103 Å². The van der Waals surface area contributed by atoms with Crippen LogP contribution in [0.15, 0.2) is 11.6 Å². The molecule has 4 heteroatoms. The summed E-state index contributed by atoms with van der Waals surface area (Å²) in [5.74, 6) is 0.236. The second-order valence-corrected chi connectivity index (χ2v) is 4.85. The van der Waals surface area contributed by atoms with E-state index >= 15 is 0 Å². The van der Waals surface area contributed by atoms with Gasteiger partial charge in [-0.05, 0) is 25.7 Å². The number of hydrogen-bond donors (Lipinski definition) is 1. The summed E-state index contributed by atoms with van der Waals surface area (Å²) in [6.45, 7) is 2.48. The molecule has 1 unspecified atom stereocenters. The molecule has 4 nitrogen and oxygen atoms in total. The highest BCUT2D eigenvalue weighted by Gasteiger charge is 2.23. The molecule has 1 aliphatic carbocycles. The van der Waals surface area contributed by atoms with Crippen LogP contribution in [0.1, 0.15) is 32.1 Å². The smallest absolute Gasteiger partial charge is 0.226 e. The summed E-state index contributed by atoms with van der Waals surface area (Å²) in [5.41, 5.74) is 6.89. The van der Waals surface area contributed by atoms with Gasteiger partial charge in [-0.2, -0.15) is 0 Å². The molecule has 0 spiro atoms. The third-order valence-corrected chi connectivity index (χ3v) is 3.52. The fraction of sp³-hybridized carbons (Fsp3) is 0.769. The molecule has 0 aromatic rings. The largest absolute Gasteiger partial charge is 0.373 e. The van der Waals surface area contributed by atoms with Gasteiger partial charge >= 0.3 is 0 Å². The Kier molecular flexibility index (Phi) is 4.57. The SMILES string of the molecule is NCC1CN(C(=O)CC2=CCCCC2)CCO1. The lowest BCUT2D eigenvalue weighted by Gasteiger charge is -2.32. The van der Waals surface area contributed by atoms with Crippen LogP contribution in [-0.4, -0.2) is 43.2 Å². The molecule has 1 aliphatic heterocycles. The van der Waals surface area contributed by atoms with Gasteiger partial charge in [0.05, 0.1) is 12.7 Å². The first-order valence-electron chi connectivity index (χ1n) is 6.57. The highest BCUT2D eigenvalue weighted by Crippen LogP contribution is 2.21. The fourth-order valence-corrected chi connectivity index (χ4v) is 2.46. The van der Waals surface area contributed by atoms with Crippen LogP contribution in [0.5, 0.6) is 0 Å². The van der Waals surface area contributed by atoms with Crippen LogP contribution in [0.2, 0.25) is 0 Å². The number of carbonyl (C=O) groups excluding carboxylic acids is 1. The van der Waals surface area contributed by atoms with Gasteiger partial charge in [-0.15, -0.1) is 0 Å². The van der Waals surface area contributed by atoms with Gasteiger partial charge in [0.25, 0.3) is 0 Å². The second-order valence-electron chi connectivity index (χ2n) is 4.85. The van der Waals surface area contributed by atoms with Gasteiger partial charge in [-0.3, -0.25) is 4.79 Å². The van der Waals surface area contributed by atoms with Crippen LogP contribution >= 0.6 is 0 Å². The Morgan fingerprint density at radius 1 is 1.53 bits per heavy atom. The molecule has 0 aromatic heterocycles. The van der Waals surface area contributed by atoms with Crippen LogP contribution in [0.3, 0.4) is 0 Å². The standard InChI is InChI=1S/C13H22N2O2/c14-9-12-10-15(6-7-17-12)13(16)8-11-4-2-1-3-5-11/h4,12H,1-3,5-10,14H2. The van der Waals surface area contributed by atoms with Crippen molar-refractivity contribution >= 4 is 5.91 Å². The highest BCUT2D eigenvalue weighted by molar-refractivity contribution is 5.78. The Balaban J connectivity index is 1.84. The van der Waals surface area contributed by atoms with Crippen molar-refractivity contribution in [1.82, 2.24) is 4.90 Å². The summed E-state index contributed by atoms with van der Waals surface area (Å²) in [6.07, 6.45) is 7.58. The first-order chi connectivity index (χ1) is 8.29. The molecular weight excluding hydrogens is 216 g/mol. The quantitative estimate of drug-likeness (QED) is 0.748. The third kappa shape index (κ3) is 3.54. The van der Waals surface area contributed by atoms with Crippen molar-refractivity contribution < 1.29 is 9.53 Å². The third-order valence-electron chi connectivity index (χ3n) is 3.52. The van der Waals surface area contributed by atoms with Gasteiger partial charge in [-0.25, -0.2) is 0 Å². The van der Waals surface area contributed by atoms with Gasteiger partial charge in [0, 0.05) is 26.1 Å². The number of ether oxygens (including phenoxy) is 1. The van der Waals surface area contributed by atoms with E-state index in [2.05, 4.69) is 6.08 Å². The van der Waals surface area contributed by atoms with E-state index in [4.69, 9.17) is 10.5 Å². The summed E-state index contributed by atoms with van der Waals surface area (Å²) in [6, 6.07) is 0. The molecular formula is C13H22N2O2. The van der Waals surface area contributed by atoms with E-state index in [0.717, 1.165) is 12.8 Å². The van der Waals surface area contributed by atoms with E-state index < -0.39 is 0 Å². The summed E-state index contributed by atoms with van der Waals surface area (Å²) in [4.78, 5) is 14.0. The zero-order valence-electron chi connectivity index (χ0n) is 10.4. The average Bonchev–Trinajstić information content (AvgIpc) is 2.40. The molecule has 1 saturated heterocycles. The van der Waals surface area contributed by atoms with E-state index in [9.17, 15) is 4.79 Å². The van der Waals surface area contributed by atoms with E-state index in [0.29, 0.717) is 32.7 Å². The number of nitrogens with two attached hydrogens (primary N) is 1. The summed E-state index contributed by atoms with van der Waals surface area (Å²) >= 11 is 0. The number of hydrogen-bond acceptors (Lipinski definition) is 3. The maximum Gasteiger partial charge on any atom is 0.226 e. The predicted octanol–water partition coefficient (Wildman–Crippen LogP) is 1.06. The number of rotatable bonds is 3. The molecule has 96 valence electrons. The Morgan fingerprint density at radius 3 is 3.12 bits per heavy atom. The lowest BCUT2D eigenvalue weighted by molar-refractivity contribution is -0.137. The minimum atomic E-state index is 0.0213. The molecule has 2 aliphatic rings. The van der Waals surface area contributed by atoms with Crippen molar-refractivity contribution in [3.05, 3.63) is 11.6 Å². The van der Waals surface area contributed by atoms with E-state index in [1.807, 2.05) is 4.90 Å². The topological polar surface area (TPSA) is 55.6 Å². The minimum Gasteiger partial charge on any atom is -0.373 e. The molecule has 2 rings (SSSR count). The number of carbonyl (C=O) groups is 1. The summed E-state index contributed by atoms with van der Waals surface area (Å²) in [7, 11) is 0. The Morgan fingerprint density at radius 2 is 2.41 bits per heavy atom. The first-order valence-corrected chi connectivity index (χ1v) is 6.57. The lowest BCUT2D eigenvalue weighted by Crippen LogP contribution is -2.48. The monoisotopic (exact) mass is 238 g/mol. The summed E-state index contributed by atoms with van der Waals surface area (Å²) < 4.78 is 5.46. The van der Waals surface area contributed by atoms with Gasteiger partial charge in [0.1, 0.15) is 0 Å². The molecule has 0 bridgehead atoms. The molecule has 1 atom stereocenters. The van der Waals surface area contributed by atoms with E-state index in [1.165, 1.54) is 18.4 Å². The molecule has 17 heavy (non-hydrogen) atoms. The average molecular weight is 238 g/mol. The van der Waals surface area contributed by atoms with Gasteiger partial charge in [-0.1, -0.05) is 11.6 Å². The molecule has 2 N–H and O–H groups in total. The van der Waals surface area contributed by atoms with Crippen molar-refractivity contribution in [3.63, 3.8) is 0 Å². The van der Waals surface area contributed by atoms with Crippen molar-refractivity contribution in [3.8, 4) is 0 Å². The maximum atomic E-state index is 12.1. The van der Waals surface area contributed by atoms with Gasteiger partial charge < -0.3 is 15.4 Å². The molecule has 1 amide bonds. The minimum absolute atomic E-state index is 0.0213. The molecule has 1 fully saturated rings. The second kappa shape index (κ2) is 6.17. The molecule has 0 aromatic carbocycles. The normalized spacial score (nSPS) is 25.6.